The number of carbonyl (C=O) groups excluding carboxylic acids is 3. The summed E-state index contributed by atoms with van der Waals surface area (Å²) in [6, 6.07) is 14.3. The van der Waals surface area contributed by atoms with E-state index >= 15 is 0 Å². The van der Waals surface area contributed by atoms with Crippen molar-refractivity contribution >= 4 is 34.7 Å². The first-order chi connectivity index (χ1) is 12.5. The molecule has 2 aromatic carbocycles. The van der Waals surface area contributed by atoms with Crippen LogP contribution in [0.25, 0.3) is 0 Å². The van der Waals surface area contributed by atoms with E-state index in [9.17, 15) is 14.4 Å². The maximum absolute atomic E-state index is 12.1. The van der Waals surface area contributed by atoms with Crippen LogP contribution in [0.2, 0.25) is 0 Å². The third-order valence-electron chi connectivity index (χ3n) is 4.26. The van der Waals surface area contributed by atoms with Gasteiger partial charge in [0.25, 0.3) is 0 Å². The van der Waals surface area contributed by atoms with Crippen molar-refractivity contribution in [3.8, 4) is 0 Å². The Kier molecular flexibility index (Phi) is 5.31. The third kappa shape index (κ3) is 4.27. The summed E-state index contributed by atoms with van der Waals surface area (Å²) in [6.45, 7) is 2.34. The van der Waals surface area contributed by atoms with Gasteiger partial charge in [-0.3, -0.25) is 14.4 Å². The Morgan fingerprint density at radius 3 is 2.50 bits per heavy atom. The highest BCUT2D eigenvalue weighted by atomic mass is 16.2. The van der Waals surface area contributed by atoms with E-state index in [1.165, 1.54) is 6.92 Å². The zero-order chi connectivity index (χ0) is 18.5. The van der Waals surface area contributed by atoms with E-state index in [-0.39, 0.29) is 24.1 Å². The fourth-order valence-corrected chi connectivity index (χ4v) is 2.88. The van der Waals surface area contributed by atoms with Crippen molar-refractivity contribution in [1.82, 2.24) is 0 Å². The fraction of sp³-hybridized carbons (Fsp3) is 0.250. The first-order valence-corrected chi connectivity index (χ1v) is 8.58. The van der Waals surface area contributed by atoms with Crippen molar-refractivity contribution in [3.05, 3.63) is 54.1 Å². The van der Waals surface area contributed by atoms with Gasteiger partial charge in [0, 0.05) is 35.6 Å². The fourth-order valence-electron chi connectivity index (χ4n) is 2.88. The second-order valence-corrected chi connectivity index (χ2v) is 6.23. The smallest absolute Gasteiger partial charge is 0.243 e. The average Bonchev–Trinajstić information content (AvgIpc) is 3.07. The van der Waals surface area contributed by atoms with Gasteiger partial charge in [-0.25, -0.2) is 0 Å². The van der Waals surface area contributed by atoms with Crippen LogP contribution in [0.3, 0.4) is 0 Å². The zero-order valence-corrected chi connectivity index (χ0v) is 14.6. The van der Waals surface area contributed by atoms with Crippen molar-refractivity contribution in [3.63, 3.8) is 0 Å². The SMILES string of the molecule is CC(=O)c1cccc(NCC(=O)Nc2ccc(N3CCCC3=O)cc2)c1. The van der Waals surface area contributed by atoms with Gasteiger partial charge in [-0.1, -0.05) is 12.1 Å². The Morgan fingerprint density at radius 1 is 1.08 bits per heavy atom. The molecule has 6 nitrogen and oxygen atoms in total. The van der Waals surface area contributed by atoms with Gasteiger partial charge in [-0.15, -0.1) is 0 Å². The molecule has 0 saturated carbocycles. The van der Waals surface area contributed by atoms with Crippen molar-refractivity contribution in [2.45, 2.75) is 19.8 Å². The molecule has 0 aromatic heterocycles. The molecule has 0 bridgehead atoms. The zero-order valence-electron chi connectivity index (χ0n) is 14.6. The largest absolute Gasteiger partial charge is 0.376 e. The summed E-state index contributed by atoms with van der Waals surface area (Å²) in [5.41, 5.74) is 2.84. The Labute approximate surface area is 152 Å². The molecule has 1 saturated heterocycles. The second-order valence-electron chi connectivity index (χ2n) is 6.23. The molecular weight excluding hydrogens is 330 g/mol. The maximum atomic E-state index is 12.1. The summed E-state index contributed by atoms with van der Waals surface area (Å²) < 4.78 is 0. The van der Waals surface area contributed by atoms with Gasteiger partial charge in [0.05, 0.1) is 6.54 Å². The van der Waals surface area contributed by atoms with Crippen LogP contribution < -0.4 is 15.5 Å². The minimum absolute atomic E-state index is 0.0188. The van der Waals surface area contributed by atoms with E-state index in [1.54, 1.807) is 35.2 Å². The molecule has 0 aliphatic carbocycles. The van der Waals surface area contributed by atoms with Crippen LogP contribution in [-0.2, 0) is 9.59 Å². The molecule has 0 atom stereocenters. The minimum atomic E-state index is -0.191. The molecule has 134 valence electrons. The molecular formula is C20H21N3O3. The molecule has 2 aromatic rings. The Bertz CT molecular complexity index is 830. The molecule has 2 amide bonds. The van der Waals surface area contributed by atoms with Crippen LogP contribution in [0.1, 0.15) is 30.1 Å². The molecule has 0 spiro atoms. The van der Waals surface area contributed by atoms with Gasteiger partial charge in [0.2, 0.25) is 11.8 Å². The lowest BCUT2D eigenvalue weighted by atomic mass is 10.1. The summed E-state index contributed by atoms with van der Waals surface area (Å²) in [4.78, 5) is 37.0. The first kappa shape index (κ1) is 17.7. The number of rotatable bonds is 6. The molecule has 3 rings (SSSR count). The summed E-state index contributed by atoms with van der Waals surface area (Å²) in [5.74, 6) is -0.0725. The molecule has 6 heteroatoms. The third-order valence-corrected chi connectivity index (χ3v) is 4.26. The van der Waals surface area contributed by atoms with Crippen molar-refractivity contribution in [1.29, 1.82) is 0 Å². The predicted octanol–water partition coefficient (Wildman–Crippen LogP) is 3.07. The molecule has 1 aliphatic rings. The van der Waals surface area contributed by atoms with Crippen molar-refractivity contribution < 1.29 is 14.4 Å². The van der Waals surface area contributed by atoms with Gasteiger partial charge in [-0.05, 0) is 49.7 Å². The Morgan fingerprint density at radius 2 is 1.85 bits per heavy atom. The van der Waals surface area contributed by atoms with Crippen LogP contribution in [0, 0.1) is 0 Å². The summed E-state index contributed by atoms with van der Waals surface area (Å²) in [5, 5.41) is 5.81. The van der Waals surface area contributed by atoms with Crippen LogP contribution in [0.5, 0.6) is 0 Å². The van der Waals surface area contributed by atoms with Crippen LogP contribution in [-0.4, -0.2) is 30.7 Å². The lowest BCUT2D eigenvalue weighted by Gasteiger charge is -2.16. The number of Topliss-reactive ketones (excluding diaryl/α,β-unsaturated/α-hetero) is 1. The van der Waals surface area contributed by atoms with E-state index in [0.717, 1.165) is 24.3 Å². The number of ketones is 1. The number of benzene rings is 2. The van der Waals surface area contributed by atoms with E-state index in [1.807, 2.05) is 18.2 Å². The number of nitrogens with zero attached hydrogens (tertiary/aromatic N) is 1. The number of carbonyl (C=O) groups is 3. The highest BCUT2D eigenvalue weighted by Gasteiger charge is 2.21. The first-order valence-electron chi connectivity index (χ1n) is 8.58. The van der Waals surface area contributed by atoms with E-state index in [0.29, 0.717) is 17.7 Å². The Balaban J connectivity index is 1.54. The number of hydrogen-bond acceptors (Lipinski definition) is 4. The van der Waals surface area contributed by atoms with Gasteiger partial charge in [0.1, 0.15) is 0 Å². The molecule has 2 N–H and O–H groups in total. The molecule has 1 aliphatic heterocycles. The molecule has 0 unspecified atom stereocenters. The summed E-state index contributed by atoms with van der Waals surface area (Å²) in [6.07, 6.45) is 1.48. The Hall–Kier alpha value is -3.15. The van der Waals surface area contributed by atoms with E-state index in [4.69, 9.17) is 0 Å². The van der Waals surface area contributed by atoms with Gasteiger partial charge >= 0.3 is 0 Å². The highest BCUT2D eigenvalue weighted by Crippen LogP contribution is 2.23. The monoisotopic (exact) mass is 351 g/mol. The number of anilines is 3. The topological polar surface area (TPSA) is 78.5 Å². The van der Waals surface area contributed by atoms with Crippen molar-refractivity contribution in [2.24, 2.45) is 0 Å². The second kappa shape index (κ2) is 7.82. The summed E-state index contributed by atoms with van der Waals surface area (Å²) in [7, 11) is 0. The lowest BCUT2D eigenvalue weighted by molar-refractivity contribution is -0.117. The summed E-state index contributed by atoms with van der Waals surface area (Å²) >= 11 is 0. The predicted molar refractivity (Wildman–Crippen MR) is 102 cm³/mol. The lowest BCUT2D eigenvalue weighted by Crippen LogP contribution is -2.24. The molecule has 0 radical (unpaired) electrons. The van der Waals surface area contributed by atoms with Crippen LogP contribution in [0.15, 0.2) is 48.5 Å². The number of nitrogens with one attached hydrogen (secondary N) is 2. The number of amides is 2. The minimum Gasteiger partial charge on any atom is -0.376 e. The van der Waals surface area contributed by atoms with Crippen LogP contribution in [0.4, 0.5) is 17.1 Å². The molecule has 1 fully saturated rings. The quantitative estimate of drug-likeness (QED) is 0.784. The molecule has 26 heavy (non-hydrogen) atoms. The van der Waals surface area contributed by atoms with Crippen LogP contribution >= 0.6 is 0 Å². The average molecular weight is 351 g/mol. The molecule has 1 heterocycles. The van der Waals surface area contributed by atoms with Gasteiger partial charge in [0.15, 0.2) is 5.78 Å². The number of hydrogen-bond donors (Lipinski definition) is 2. The van der Waals surface area contributed by atoms with Crippen molar-refractivity contribution in [2.75, 3.05) is 28.6 Å². The van der Waals surface area contributed by atoms with E-state index in [2.05, 4.69) is 10.6 Å². The highest BCUT2D eigenvalue weighted by molar-refractivity contribution is 5.97. The van der Waals surface area contributed by atoms with Gasteiger partial charge in [-0.2, -0.15) is 0 Å². The standard InChI is InChI=1S/C20H21N3O3/c1-14(24)15-4-2-5-17(12-15)21-13-19(25)22-16-7-9-18(10-8-16)23-11-3-6-20(23)26/h2,4-5,7-10,12,21H,3,6,11,13H2,1H3,(H,22,25). The van der Waals surface area contributed by atoms with Gasteiger partial charge < -0.3 is 15.5 Å². The van der Waals surface area contributed by atoms with E-state index < -0.39 is 0 Å². The normalized spacial score (nSPS) is 13.6. The maximum Gasteiger partial charge on any atom is 0.243 e.